The molecule has 20 heavy (non-hydrogen) atoms. The number of ketones is 1. The number of rotatable bonds is 3. The van der Waals surface area contributed by atoms with E-state index in [4.69, 9.17) is 4.98 Å². The van der Waals surface area contributed by atoms with Crippen LogP contribution in [0.15, 0.2) is 24.3 Å². The van der Waals surface area contributed by atoms with Gasteiger partial charge in [-0.2, -0.15) is 0 Å². The molecule has 0 amide bonds. The predicted octanol–water partition coefficient (Wildman–Crippen LogP) is 3.75. The molecule has 3 rings (SSSR count). The van der Waals surface area contributed by atoms with Crippen LogP contribution in [-0.2, 0) is 17.8 Å². The predicted molar refractivity (Wildman–Crippen MR) is 80.7 cm³/mol. The summed E-state index contributed by atoms with van der Waals surface area (Å²) >= 11 is 0. The Morgan fingerprint density at radius 2 is 2.15 bits per heavy atom. The van der Waals surface area contributed by atoms with Crippen molar-refractivity contribution in [1.82, 2.24) is 9.55 Å². The van der Waals surface area contributed by atoms with Crippen LogP contribution >= 0.6 is 0 Å². The lowest BCUT2D eigenvalue weighted by molar-refractivity contribution is -0.119. The van der Waals surface area contributed by atoms with Crippen LogP contribution in [0.4, 0.5) is 0 Å². The zero-order chi connectivity index (χ0) is 13.9. The average molecular weight is 270 g/mol. The smallest absolute Gasteiger partial charge is 0.133 e. The fraction of sp³-hybridized carbons (Fsp3) is 0.529. The van der Waals surface area contributed by atoms with E-state index in [1.165, 1.54) is 18.4 Å². The van der Waals surface area contributed by atoms with Gasteiger partial charge in [0, 0.05) is 25.8 Å². The largest absolute Gasteiger partial charge is 0.328 e. The molecule has 106 valence electrons. The third kappa shape index (κ3) is 2.62. The Hall–Kier alpha value is -1.64. The summed E-state index contributed by atoms with van der Waals surface area (Å²) in [6, 6.07) is 8.31. The number of nitrogens with zero attached hydrogens (tertiary/aromatic N) is 2. The van der Waals surface area contributed by atoms with E-state index in [1.54, 1.807) is 0 Å². The lowest BCUT2D eigenvalue weighted by Crippen LogP contribution is -2.12. The van der Waals surface area contributed by atoms with Crippen LogP contribution in [0.25, 0.3) is 11.0 Å². The molecular formula is C17H22N2O. The molecule has 1 fully saturated rings. The summed E-state index contributed by atoms with van der Waals surface area (Å²) in [5.41, 5.74) is 2.29. The SMILES string of the molecule is CCn1c(CC2CCCCC(=O)C2)nc2ccccc21. The van der Waals surface area contributed by atoms with Gasteiger partial charge in [-0.25, -0.2) is 4.98 Å². The summed E-state index contributed by atoms with van der Waals surface area (Å²) in [5, 5.41) is 0. The number of aryl methyl sites for hydroxylation is 1. The molecule has 0 bridgehead atoms. The van der Waals surface area contributed by atoms with Gasteiger partial charge in [-0.05, 0) is 37.8 Å². The van der Waals surface area contributed by atoms with Gasteiger partial charge in [0.1, 0.15) is 11.6 Å². The molecule has 2 aromatic rings. The van der Waals surface area contributed by atoms with E-state index < -0.39 is 0 Å². The van der Waals surface area contributed by atoms with Gasteiger partial charge in [0.15, 0.2) is 0 Å². The first-order chi connectivity index (χ1) is 9.78. The molecule has 1 aliphatic carbocycles. The molecule has 1 aromatic carbocycles. The van der Waals surface area contributed by atoms with Crippen LogP contribution in [0.3, 0.4) is 0 Å². The second-order valence-electron chi connectivity index (χ2n) is 5.82. The van der Waals surface area contributed by atoms with Crippen molar-refractivity contribution in [2.45, 2.75) is 52.0 Å². The first kappa shape index (κ1) is 13.3. The fourth-order valence-electron chi connectivity index (χ4n) is 3.35. The monoisotopic (exact) mass is 270 g/mol. The van der Waals surface area contributed by atoms with Crippen LogP contribution in [0.2, 0.25) is 0 Å². The van der Waals surface area contributed by atoms with Gasteiger partial charge in [-0.15, -0.1) is 0 Å². The minimum Gasteiger partial charge on any atom is -0.328 e. The summed E-state index contributed by atoms with van der Waals surface area (Å²) in [4.78, 5) is 16.6. The minimum atomic E-state index is 0.437. The van der Waals surface area contributed by atoms with Crippen molar-refractivity contribution in [3.63, 3.8) is 0 Å². The van der Waals surface area contributed by atoms with Crippen molar-refractivity contribution >= 4 is 16.8 Å². The van der Waals surface area contributed by atoms with Crippen LogP contribution in [0, 0.1) is 5.92 Å². The third-order valence-electron chi connectivity index (χ3n) is 4.36. The maximum Gasteiger partial charge on any atom is 0.133 e. The molecule has 0 aliphatic heterocycles. The number of para-hydroxylation sites is 2. The summed E-state index contributed by atoms with van der Waals surface area (Å²) < 4.78 is 2.30. The van der Waals surface area contributed by atoms with Gasteiger partial charge in [-0.1, -0.05) is 18.6 Å². The van der Waals surface area contributed by atoms with E-state index in [2.05, 4.69) is 29.7 Å². The van der Waals surface area contributed by atoms with Crippen molar-refractivity contribution in [2.24, 2.45) is 5.92 Å². The standard InChI is InChI=1S/C17H22N2O/c1-2-19-16-10-6-5-9-15(16)18-17(19)12-13-7-3-4-8-14(20)11-13/h5-6,9-10,13H,2-4,7-8,11-12H2,1H3. The van der Waals surface area contributed by atoms with Crippen LogP contribution in [0.5, 0.6) is 0 Å². The van der Waals surface area contributed by atoms with Crippen molar-refractivity contribution in [3.05, 3.63) is 30.1 Å². The highest BCUT2D eigenvalue weighted by Crippen LogP contribution is 2.26. The maximum atomic E-state index is 11.8. The van der Waals surface area contributed by atoms with E-state index in [0.29, 0.717) is 11.7 Å². The number of hydrogen-bond donors (Lipinski definition) is 0. The van der Waals surface area contributed by atoms with Gasteiger partial charge in [0.05, 0.1) is 11.0 Å². The topological polar surface area (TPSA) is 34.9 Å². The lowest BCUT2D eigenvalue weighted by Gasteiger charge is -2.14. The Morgan fingerprint density at radius 1 is 1.30 bits per heavy atom. The summed E-state index contributed by atoms with van der Waals surface area (Å²) in [7, 11) is 0. The maximum absolute atomic E-state index is 11.8. The van der Waals surface area contributed by atoms with Gasteiger partial charge in [0.2, 0.25) is 0 Å². The number of hydrogen-bond acceptors (Lipinski definition) is 2. The molecule has 1 aromatic heterocycles. The second-order valence-corrected chi connectivity index (χ2v) is 5.82. The molecule has 1 aliphatic rings. The van der Waals surface area contributed by atoms with Crippen molar-refractivity contribution in [2.75, 3.05) is 0 Å². The average Bonchev–Trinajstić information content (AvgIpc) is 2.66. The molecule has 1 atom stereocenters. The van der Waals surface area contributed by atoms with E-state index >= 15 is 0 Å². The minimum absolute atomic E-state index is 0.437. The molecular weight excluding hydrogens is 248 g/mol. The quantitative estimate of drug-likeness (QED) is 0.796. The van der Waals surface area contributed by atoms with E-state index in [9.17, 15) is 4.79 Å². The van der Waals surface area contributed by atoms with Gasteiger partial charge in [0.25, 0.3) is 0 Å². The lowest BCUT2D eigenvalue weighted by atomic mass is 9.96. The number of benzene rings is 1. The van der Waals surface area contributed by atoms with Crippen molar-refractivity contribution in [3.8, 4) is 0 Å². The normalized spacial score (nSPS) is 20.2. The van der Waals surface area contributed by atoms with Crippen molar-refractivity contribution in [1.29, 1.82) is 0 Å². The van der Waals surface area contributed by atoms with Crippen molar-refractivity contribution < 1.29 is 4.79 Å². The van der Waals surface area contributed by atoms with Gasteiger partial charge >= 0.3 is 0 Å². The zero-order valence-electron chi connectivity index (χ0n) is 12.1. The zero-order valence-corrected chi connectivity index (χ0v) is 12.1. The highest BCUT2D eigenvalue weighted by atomic mass is 16.1. The summed E-state index contributed by atoms with van der Waals surface area (Å²) in [5.74, 6) is 2.06. The number of carbonyl (C=O) groups is 1. The Kier molecular flexibility index (Phi) is 3.86. The molecule has 1 heterocycles. The second kappa shape index (κ2) is 5.78. The number of fused-ring (bicyclic) bond motifs is 1. The Morgan fingerprint density at radius 3 is 3.00 bits per heavy atom. The fourth-order valence-corrected chi connectivity index (χ4v) is 3.35. The summed E-state index contributed by atoms with van der Waals surface area (Å²) in [6.07, 6.45) is 5.88. The molecule has 1 unspecified atom stereocenters. The first-order valence-corrected chi connectivity index (χ1v) is 7.73. The molecule has 1 saturated carbocycles. The van der Waals surface area contributed by atoms with E-state index in [-0.39, 0.29) is 0 Å². The van der Waals surface area contributed by atoms with Crippen LogP contribution < -0.4 is 0 Å². The highest BCUT2D eigenvalue weighted by Gasteiger charge is 2.20. The number of carbonyl (C=O) groups excluding carboxylic acids is 1. The number of Topliss-reactive ketones (excluding diaryl/α,β-unsaturated/α-hetero) is 1. The van der Waals surface area contributed by atoms with Crippen LogP contribution in [0.1, 0.15) is 44.9 Å². The molecule has 3 nitrogen and oxygen atoms in total. The molecule has 0 saturated heterocycles. The van der Waals surface area contributed by atoms with E-state index in [0.717, 1.165) is 43.6 Å². The molecule has 3 heteroatoms. The first-order valence-electron chi connectivity index (χ1n) is 7.73. The highest BCUT2D eigenvalue weighted by molar-refractivity contribution is 5.79. The van der Waals surface area contributed by atoms with E-state index in [1.807, 2.05) is 6.07 Å². The molecule has 0 spiro atoms. The Balaban J connectivity index is 1.87. The Bertz CT molecular complexity index is 614. The molecule has 0 radical (unpaired) electrons. The number of aromatic nitrogens is 2. The van der Waals surface area contributed by atoms with Gasteiger partial charge in [-0.3, -0.25) is 4.79 Å². The Labute approximate surface area is 120 Å². The summed E-state index contributed by atoms with van der Waals surface area (Å²) in [6.45, 7) is 3.10. The van der Waals surface area contributed by atoms with Gasteiger partial charge < -0.3 is 4.57 Å². The number of imidazole rings is 1. The third-order valence-corrected chi connectivity index (χ3v) is 4.36. The molecule has 0 N–H and O–H groups in total. The van der Waals surface area contributed by atoms with Crippen LogP contribution in [-0.4, -0.2) is 15.3 Å².